The van der Waals surface area contributed by atoms with Crippen molar-refractivity contribution in [2.45, 2.75) is 117 Å². The Morgan fingerprint density at radius 3 is 2.28 bits per heavy atom. The standard InChI is InChI=1S/C38H52N6O9Si/c1-23(2)33(46)43-32-25-17-18-27(44(25)41-22-40-32)38(21-39)31(53-54(9,10)11)29(26(51-38)20-49-28(45)19-24-15-13-12-14-16-24)50-34(47)30(36(3,4)5)42-35(48)52-37(6,7)8/h12-18,22-23,26,29-31H,19-20H2,1-11H3,(H,42,48)(H,40,41,43,46)/t26-,29-,30-,31-,38+/m1/s1. The van der Waals surface area contributed by atoms with Crippen molar-refractivity contribution in [2.75, 3.05) is 11.9 Å². The van der Waals surface area contributed by atoms with Gasteiger partial charge in [0.2, 0.25) is 11.5 Å². The predicted molar refractivity (Wildman–Crippen MR) is 200 cm³/mol. The number of carbonyl (C=O) groups is 4. The molecule has 1 fully saturated rings. The van der Waals surface area contributed by atoms with Gasteiger partial charge in [0.1, 0.15) is 48.4 Å². The molecule has 4 rings (SSSR count). The highest BCUT2D eigenvalue weighted by molar-refractivity contribution is 6.69. The Hall–Kier alpha value is -4.85. The third-order valence-corrected chi connectivity index (χ3v) is 9.22. The number of hydrogen-bond donors (Lipinski definition) is 2. The van der Waals surface area contributed by atoms with Crippen LogP contribution in [0.4, 0.5) is 10.6 Å². The lowest BCUT2D eigenvalue weighted by atomic mass is 9.86. The van der Waals surface area contributed by atoms with Crippen molar-refractivity contribution in [1.29, 1.82) is 5.26 Å². The summed E-state index contributed by atoms with van der Waals surface area (Å²) in [6.45, 7) is 19.2. The maximum absolute atomic E-state index is 14.2. The number of nitrogens with one attached hydrogen (secondary N) is 2. The number of carbonyl (C=O) groups excluding carboxylic acids is 4. The summed E-state index contributed by atoms with van der Waals surface area (Å²) in [4.78, 5) is 57.2. The molecule has 1 aliphatic heterocycles. The van der Waals surface area contributed by atoms with E-state index in [1.54, 1.807) is 91.8 Å². The molecule has 2 amide bonds. The van der Waals surface area contributed by atoms with Gasteiger partial charge < -0.3 is 34.0 Å². The summed E-state index contributed by atoms with van der Waals surface area (Å²) in [5.74, 6) is -1.82. The summed E-state index contributed by atoms with van der Waals surface area (Å²) in [6, 6.07) is 13.3. The van der Waals surface area contributed by atoms with Crippen LogP contribution in [0.5, 0.6) is 0 Å². The highest BCUT2D eigenvalue weighted by Gasteiger charge is 2.62. The number of anilines is 1. The fourth-order valence-corrected chi connectivity index (χ4v) is 6.83. The van der Waals surface area contributed by atoms with Crippen LogP contribution in [0, 0.1) is 22.7 Å². The van der Waals surface area contributed by atoms with Gasteiger partial charge in [-0.1, -0.05) is 65.0 Å². The van der Waals surface area contributed by atoms with Crippen molar-refractivity contribution in [3.63, 3.8) is 0 Å². The number of nitrogens with zero attached hydrogens (tertiary/aromatic N) is 4. The van der Waals surface area contributed by atoms with Crippen LogP contribution in [-0.2, 0) is 49.8 Å². The molecule has 0 spiro atoms. The van der Waals surface area contributed by atoms with Gasteiger partial charge in [-0.3, -0.25) is 9.59 Å². The van der Waals surface area contributed by atoms with Crippen molar-refractivity contribution in [3.8, 4) is 6.07 Å². The number of alkyl carbamates (subject to hydrolysis) is 1. The second kappa shape index (κ2) is 16.3. The average Bonchev–Trinajstić information content (AvgIpc) is 3.61. The maximum Gasteiger partial charge on any atom is 0.408 e. The lowest BCUT2D eigenvalue weighted by Gasteiger charge is -2.35. The number of amides is 2. The molecule has 2 aromatic heterocycles. The minimum absolute atomic E-state index is 0.0344. The molecular formula is C38H52N6O9Si. The van der Waals surface area contributed by atoms with Crippen LogP contribution >= 0.6 is 0 Å². The highest BCUT2D eigenvalue weighted by atomic mass is 28.4. The van der Waals surface area contributed by atoms with Crippen LogP contribution in [0.15, 0.2) is 48.8 Å². The van der Waals surface area contributed by atoms with E-state index in [0.29, 0.717) is 5.52 Å². The van der Waals surface area contributed by atoms with Crippen LogP contribution < -0.4 is 10.6 Å². The topological polar surface area (TPSA) is 192 Å². The van der Waals surface area contributed by atoms with Crippen LogP contribution in [-0.4, -0.2) is 83.4 Å². The summed E-state index contributed by atoms with van der Waals surface area (Å²) >= 11 is 0. The quantitative estimate of drug-likeness (QED) is 0.138. The molecule has 2 N–H and O–H groups in total. The second-order valence-corrected chi connectivity index (χ2v) is 21.1. The molecule has 16 heteroatoms. The smallest absolute Gasteiger partial charge is 0.408 e. The number of fused-ring (bicyclic) bond motifs is 1. The molecule has 0 saturated carbocycles. The van der Waals surface area contributed by atoms with E-state index in [2.05, 4.69) is 26.8 Å². The first-order valence-corrected chi connectivity index (χ1v) is 21.3. The first-order chi connectivity index (χ1) is 25.0. The first-order valence-electron chi connectivity index (χ1n) is 17.8. The number of rotatable bonds is 12. The Kier molecular flexibility index (Phi) is 12.6. The van der Waals surface area contributed by atoms with Crippen molar-refractivity contribution < 1.29 is 42.6 Å². The van der Waals surface area contributed by atoms with E-state index < -0.39 is 73.9 Å². The summed E-state index contributed by atoms with van der Waals surface area (Å²) in [5.41, 5.74) is -2.40. The maximum atomic E-state index is 14.2. The van der Waals surface area contributed by atoms with Gasteiger partial charge in [-0.2, -0.15) is 10.4 Å². The number of nitriles is 1. The largest absolute Gasteiger partial charge is 0.463 e. The lowest BCUT2D eigenvalue weighted by molar-refractivity contribution is -0.164. The van der Waals surface area contributed by atoms with Gasteiger partial charge in [-0.05, 0) is 63.5 Å². The van der Waals surface area contributed by atoms with Crippen molar-refractivity contribution in [1.82, 2.24) is 19.9 Å². The fraction of sp³-hybridized carbons (Fsp3) is 0.553. The van der Waals surface area contributed by atoms with Gasteiger partial charge in [0.05, 0.1) is 12.1 Å². The zero-order chi connectivity index (χ0) is 40.2. The Morgan fingerprint density at radius 2 is 1.70 bits per heavy atom. The number of esters is 2. The Morgan fingerprint density at radius 1 is 1.04 bits per heavy atom. The predicted octanol–water partition coefficient (Wildman–Crippen LogP) is 5.30. The summed E-state index contributed by atoms with van der Waals surface area (Å²) < 4.78 is 32.1. The molecule has 1 aliphatic rings. The van der Waals surface area contributed by atoms with Crippen LogP contribution in [0.25, 0.3) is 5.52 Å². The molecule has 54 heavy (non-hydrogen) atoms. The monoisotopic (exact) mass is 764 g/mol. The molecule has 0 bridgehead atoms. The molecule has 3 aromatic rings. The van der Waals surface area contributed by atoms with E-state index in [0.717, 1.165) is 5.56 Å². The highest BCUT2D eigenvalue weighted by Crippen LogP contribution is 2.45. The number of ether oxygens (including phenoxy) is 4. The van der Waals surface area contributed by atoms with Gasteiger partial charge in [0.25, 0.3) is 0 Å². The normalized spacial score (nSPS) is 20.9. The number of benzene rings is 1. The Bertz CT molecular complexity index is 1870. The molecule has 0 radical (unpaired) electrons. The van der Waals surface area contributed by atoms with Gasteiger partial charge >= 0.3 is 18.0 Å². The minimum Gasteiger partial charge on any atom is -0.463 e. The van der Waals surface area contributed by atoms with E-state index in [1.165, 1.54) is 10.8 Å². The molecule has 3 heterocycles. The van der Waals surface area contributed by atoms with Crippen LogP contribution in [0.3, 0.4) is 0 Å². The zero-order valence-electron chi connectivity index (χ0n) is 32.9. The number of aromatic nitrogens is 3. The first kappa shape index (κ1) is 41.9. The second-order valence-electron chi connectivity index (χ2n) is 16.6. The van der Waals surface area contributed by atoms with E-state index in [-0.39, 0.29) is 29.8 Å². The molecule has 0 unspecified atom stereocenters. The van der Waals surface area contributed by atoms with Crippen molar-refractivity contribution in [2.24, 2.45) is 11.3 Å². The summed E-state index contributed by atoms with van der Waals surface area (Å²) in [7, 11) is -2.61. The Labute approximate surface area is 317 Å². The van der Waals surface area contributed by atoms with Crippen LogP contribution in [0.1, 0.15) is 66.6 Å². The minimum atomic E-state index is -2.61. The van der Waals surface area contributed by atoms with Crippen molar-refractivity contribution >= 4 is 43.6 Å². The van der Waals surface area contributed by atoms with Gasteiger partial charge in [0.15, 0.2) is 20.2 Å². The fourth-order valence-electron chi connectivity index (χ4n) is 5.77. The van der Waals surface area contributed by atoms with E-state index in [1.807, 2.05) is 25.7 Å². The van der Waals surface area contributed by atoms with Gasteiger partial charge in [0, 0.05) is 5.92 Å². The van der Waals surface area contributed by atoms with E-state index in [9.17, 15) is 24.4 Å². The van der Waals surface area contributed by atoms with Crippen LogP contribution in [0.2, 0.25) is 19.6 Å². The summed E-state index contributed by atoms with van der Waals surface area (Å²) in [5, 5.41) is 21.0. The molecule has 1 saturated heterocycles. The average molecular weight is 765 g/mol. The molecule has 292 valence electrons. The molecule has 15 nitrogen and oxygen atoms in total. The molecular weight excluding hydrogens is 713 g/mol. The van der Waals surface area contributed by atoms with E-state index >= 15 is 0 Å². The third kappa shape index (κ3) is 10.2. The lowest BCUT2D eigenvalue weighted by Crippen LogP contribution is -2.55. The molecule has 1 aromatic carbocycles. The number of hydrogen-bond acceptors (Lipinski definition) is 12. The van der Waals surface area contributed by atoms with Gasteiger partial charge in [-0.25, -0.2) is 19.1 Å². The summed E-state index contributed by atoms with van der Waals surface area (Å²) in [6.07, 6.45) is -3.45. The van der Waals surface area contributed by atoms with Crippen molar-refractivity contribution in [3.05, 3.63) is 60.0 Å². The molecule has 5 atom stereocenters. The van der Waals surface area contributed by atoms with Gasteiger partial charge in [-0.15, -0.1) is 0 Å². The third-order valence-electron chi connectivity index (χ3n) is 8.26. The zero-order valence-corrected chi connectivity index (χ0v) is 33.9. The molecule has 0 aliphatic carbocycles. The Balaban J connectivity index is 1.81. The SMILES string of the molecule is CC(C)C(=O)Nc1ncnn2c([C@]3(C#N)O[C@H](COC(=O)Cc4ccccc4)[C@@H](OC(=O)[C@@H](NC(=O)OC(C)(C)C)C(C)(C)C)[C@H]3O[Si](C)(C)C)ccc12. The van der Waals surface area contributed by atoms with E-state index in [4.69, 9.17) is 23.4 Å².